The highest BCUT2D eigenvalue weighted by atomic mass is 32.1. The summed E-state index contributed by atoms with van der Waals surface area (Å²) in [6.45, 7) is 2.20. The van der Waals surface area contributed by atoms with E-state index in [1.165, 1.54) is 15.6 Å². The minimum Gasteiger partial charge on any atom is -0.392 e. The molecule has 0 aliphatic heterocycles. The second-order valence-corrected chi connectivity index (χ2v) is 4.60. The first-order valence-corrected chi connectivity index (χ1v) is 5.92. The third-order valence-electron chi connectivity index (χ3n) is 2.45. The Balaban J connectivity index is 2.82. The van der Waals surface area contributed by atoms with E-state index in [0.717, 1.165) is 16.9 Å². The molecule has 2 aromatic rings. The van der Waals surface area contributed by atoms with Crippen LogP contribution in [0.4, 0.5) is 0 Å². The first-order chi connectivity index (χ1) is 6.77. The Kier molecular flexibility index (Phi) is 2.81. The summed E-state index contributed by atoms with van der Waals surface area (Å²) >= 11 is 6.13. The topological polar surface area (TPSA) is 20.2 Å². The number of benzene rings is 1. The number of fused-ring (bicyclic) bond motifs is 1. The molecule has 1 aromatic heterocycles. The molecule has 0 aliphatic rings. The molecule has 0 bridgehead atoms. The summed E-state index contributed by atoms with van der Waals surface area (Å²) < 4.78 is 1.20. The molecule has 0 saturated carbocycles. The van der Waals surface area contributed by atoms with E-state index < -0.39 is 0 Å². The van der Waals surface area contributed by atoms with Gasteiger partial charge in [0.05, 0.1) is 6.61 Å². The summed E-state index contributed by atoms with van der Waals surface area (Å²) in [6.07, 6.45) is 0.919. The molecular formula is C11H12OS2. The van der Waals surface area contributed by atoms with E-state index in [-0.39, 0.29) is 6.61 Å². The molecule has 14 heavy (non-hydrogen) atoms. The van der Waals surface area contributed by atoms with Gasteiger partial charge < -0.3 is 5.11 Å². The van der Waals surface area contributed by atoms with Crippen molar-refractivity contribution >= 4 is 34.1 Å². The van der Waals surface area contributed by atoms with Crippen LogP contribution < -0.4 is 0 Å². The van der Waals surface area contributed by atoms with Crippen LogP contribution >= 0.6 is 24.0 Å². The van der Waals surface area contributed by atoms with Crippen LogP contribution in [-0.2, 0) is 13.0 Å². The van der Waals surface area contributed by atoms with Crippen LogP contribution in [0.5, 0.6) is 0 Å². The van der Waals surface area contributed by atoms with Crippen molar-refractivity contribution in [1.82, 2.24) is 0 Å². The van der Waals surface area contributed by atoms with Crippen molar-refractivity contribution in [2.45, 2.75) is 24.8 Å². The molecule has 74 valence electrons. The summed E-state index contributed by atoms with van der Waals surface area (Å²) in [6, 6.07) is 4.14. The molecule has 1 nitrogen and oxygen atoms in total. The number of thiophene rings is 1. The second-order valence-electron chi connectivity index (χ2n) is 3.20. The average molecular weight is 224 g/mol. The first kappa shape index (κ1) is 10.0. The Morgan fingerprint density at radius 3 is 2.86 bits per heavy atom. The number of aliphatic hydroxyl groups excluding tert-OH is 1. The van der Waals surface area contributed by atoms with Crippen molar-refractivity contribution in [2.24, 2.45) is 0 Å². The van der Waals surface area contributed by atoms with Crippen molar-refractivity contribution in [1.29, 1.82) is 0 Å². The minimum absolute atomic E-state index is 0.106. The Hall–Kier alpha value is -0.510. The fraction of sp³-hybridized carbons (Fsp3) is 0.273. The number of hydrogen-bond acceptors (Lipinski definition) is 3. The van der Waals surface area contributed by atoms with Crippen molar-refractivity contribution in [3.63, 3.8) is 0 Å². The molecule has 3 heteroatoms. The fourth-order valence-electron chi connectivity index (χ4n) is 1.77. The summed E-state index contributed by atoms with van der Waals surface area (Å²) in [4.78, 5) is 0.988. The molecule has 0 amide bonds. The van der Waals surface area contributed by atoms with E-state index in [9.17, 15) is 5.11 Å². The van der Waals surface area contributed by atoms with Gasteiger partial charge in [-0.3, -0.25) is 0 Å². The van der Waals surface area contributed by atoms with Crippen molar-refractivity contribution < 1.29 is 5.11 Å². The maximum absolute atomic E-state index is 9.36. The van der Waals surface area contributed by atoms with Crippen LogP contribution in [0.3, 0.4) is 0 Å². The summed E-state index contributed by atoms with van der Waals surface area (Å²) in [7, 11) is 0. The Morgan fingerprint density at radius 2 is 2.21 bits per heavy atom. The van der Waals surface area contributed by atoms with E-state index in [4.69, 9.17) is 0 Å². The van der Waals surface area contributed by atoms with E-state index in [1.54, 1.807) is 11.3 Å². The van der Waals surface area contributed by atoms with Gasteiger partial charge in [0.15, 0.2) is 0 Å². The highest BCUT2D eigenvalue weighted by Gasteiger charge is 2.10. The molecule has 1 N–H and O–H groups in total. The summed E-state index contributed by atoms with van der Waals surface area (Å²) in [5.74, 6) is 0. The maximum atomic E-state index is 9.36. The van der Waals surface area contributed by atoms with Gasteiger partial charge in [0.2, 0.25) is 0 Å². The zero-order chi connectivity index (χ0) is 10.1. The largest absolute Gasteiger partial charge is 0.392 e. The smallest absolute Gasteiger partial charge is 0.0698 e. The zero-order valence-electron chi connectivity index (χ0n) is 7.95. The van der Waals surface area contributed by atoms with Gasteiger partial charge in [-0.25, -0.2) is 0 Å². The van der Waals surface area contributed by atoms with Gasteiger partial charge in [-0.1, -0.05) is 6.92 Å². The monoisotopic (exact) mass is 224 g/mol. The molecule has 0 saturated heterocycles. The predicted octanol–water partition coefficient (Wildman–Crippen LogP) is 3.24. The Bertz CT molecular complexity index is 460. The normalized spacial score (nSPS) is 11.1. The lowest BCUT2D eigenvalue weighted by Gasteiger charge is -2.09. The van der Waals surface area contributed by atoms with Crippen LogP contribution in [0.25, 0.3) is 10.1 Å². The SMILES string of the molecule is CCc1c(S)cc2ccsc2c1CO. The van der Waals surface area contributed by atoms with Gasteiger partial charge in [-0.05, 0) is 40.4 Å². The molecule has 0 spiro atoms. The van der Waals surface area contributed by atoms with Crippen molar-refractivity contribution in [3.05, 3.63) is 28.6 Å². The lowest BCUT2D eigenvalue weighted by molar-refractivity contribution is 0.282. The quantitative estimate of drug-likeness (QED) is 0.750. The standard InChI is InChI=1S/C11H12OS2/c1-2-8-9(6-12)11-7(3-4-14-11)5-10(8)13/h3-5,12-13H,2,6H2,1H3. The number of thiol groups is 1. The number of rotatable bonds is 2. The van der Waals surface area contributed by atoms with E-state index >= 15 is 0 Å². The minimum atomic E-state index is 0.106. The summed E-state index contributed by atoms with van der Waals surface area (Å²) in [5.41, 5.74) is 2.22. The molecule has 0 radical (unpaired) electrons. The van der Waals surface area contributed by atoms with Gasteiger partial charge in [0, 0.05) is 9.60 Å². The van der Waals surface area contributed by atoms with Gasteiger partial charge >= 0.3 is 0 Å². The molecular weight excluding hydrogens is 212 g/mol. The Labute approximate surface area is 92.8 Å². The van der Waals surface area contributed by atoms with E-state index in [0.29, 0.717) is 0 Å². The predicted molar refractivity (Wildman–Crippen MR) is 64.4 cm³/mol. The maximum Gasteiger partial charge on any atom is 0.0698 e. The fourth-order valence-corrected chi connectivity index (χ4v) is 3.14. The molecule has 0 unspecified atom stereocenters. The van der Waals surface area contributed by atoms with Crippen molar-refractivity contribution in [3.8, 4) is 0 Å². The molecule has 1 aromatic carbocycles. The molecule has 0 atom stereocenters. The molecule has 2 rings (SSSR count). The third kappa shape index (κ3) is 1.45. The molecule has 0 fully saturated rings. The van der Waals surface area contributed by atoms with Crippen molar-refractivity contribution in [2.75, 3.05) is 0 Å². The van der Waals surface area contributed by atoms with Crippen LogP contribution in [0, 0.1) is 0 Å². The first-order valence-electron chi connectivity index (χ1n) is 4.59. The van der Waals surface area contributed by atoms with Crippen LogP contribution in [0.15, 0.2) is 22.4 Å². The molecule has 1 heterocycles. The van der Waals surface area contributed by atoms with Gasteiger partial charge in [-0.15, -0.1) is 24.0 Å². The zero-order valence-corrected chi connectivity index (χ0v) is 9.66. The average Bonchev–Trinajstić information content (AvgIpc) is 2.62. The van der Waals surface area contributed by atoms with E-state index in [2.05, 4.69) is 37.1 Å². The van der Waals surface area contributed by atoms with Crippen LogP contribution in [0.2, 0.25) is 0 Å². The van der Waals surface area contributed by atoms with Crippen LogP contribution in [-0.4, -0.2) is 5.11 Å². The lowest BCUT2D eigenvalue weighted by atomic mass is 10.0. The third-order valence-corrected chi connectivity index (χ3v) is 3.84. The number of hydrogen-bond donors (Lipinski definition) is 2. The second kappa shape index (κ2) is 3.93. The highest BCUT2D eigenvalue weighted by Crippen LogP contribution is 2.32. The number of aliphatic hydroxyl groups is 1. The highest BCUT2D eigenvalue weighted by molar-refractivity contribution is 7.80. The lowest BCUT2D eigenvalue weighted by Crippen LogP contribution is -1.94. The van der Waals surface area contributed by atoms with Gasteiger partial charge in [0.25, 0.3) is 0 Å². The van der Waals surface area contributed by atoms with E-state index in [1.807, 2.05) is 0 Å². The van der Waals surface area contributed by atoms with Crippen LogP contribution in [0.1, 0.15) is 18.1 Å². The van der Waals surface area contributed by atoms with Gasteiger partial charge in [-0.2, -0.15) is 0 Å². The summed E-state index contributed by atoms with van der Waals surface area (Å²) in [5, 5.41) is 12.6. The molecule has 0 aliphatic carbocycles. The Morgan fingerprint density at radius 1 is 1.43 bits per heavy atom. The van der Waals surface area contributed by atoms with Gasteiger partial charge in [0.1, 0.15) is 0 Å².